The predicted molar refractivity (Wildman–Crippen MR) is 75.5 cm³/mol. The van der Waals surface area contributed by atoms with Gasteiger partial charge in [0, 0.05) is 11.7 Å². The molecule has 100 valence electrons. The van der Waals surface area contributed by atoms with Crippen molar-refractivity contribution < 1.29 is 8.42 Å². The minimum Gasteiger partial charge on any atom is -0.399 e. The minimum absolute atomic E-state index is 0.00157. The molecular weight excluding hydrogens is 295 g/mol. The summed E-state index contributed by atoms with van der Waals surface area (Å²) in [7, 11) is -3.78. The Morgan fingerprint density at radius 1 is 1.44 bits per heavy atom. The van der Waals surface area contributed by atoms with Gasteiger partial charge in [-0.25, -0.2) is 13.1 Å². The molecule has 0 amide bonds. The second kappa shape index (κ2) is 5.93. The third-order valence-electron chi connectivity index (χ3n) is 2.17. The third kappa shape index (κ3) is 3.62. The molecular formula is C11H14Cl2N2O2S. The molecule has 0 saturated heterocycles. The molecule has 4 nitrogen and oxygen atoms in total. The molecule has 0 aliphatic carbocycles. The quantitative estimate of drug-likeness (QED) is 0.649. The number of sulfonamides is 1. The lowest BCUT2D eigenvalue weighted by Gasteiger charge is -2.14. The van der Waals surface area contributed by atoms with E-state index in [4.69, 9.17) is 28.9 Å². The molecule has 0 bridgehead atoms. The molecule has 0 saturated carbocycles. The van der Waals surface area contributed by atoms with E-state index in [2.05, 4.69) is 11.3 Å². The summed E-state index contributed by atoms with van der Waals surface area (Å²) in [4.78, 5) is -0.157. The summed E-state index contributed by atoms with van der Waals surface area (Å²) >= 11 is 11.8. The number of rotatable bonds is 5. The Morgan fingerprint density at radius 3 is 2.39 bits per heavy atom. The van der Waals surface area contributed by atoms with Crippen molar-refractivity contribution in [3.63, 3.8) is 0 Å². The van der Waals surface area contributed by atoms with Crippen LogP contribution < -0.4 is 10.5 Å². The van der Waals surface area contributed by atoms with E-state index in [-0.39, 0.29) is 21.0 Å². The molecule has 18 heavy (non-hydrogen) atoms. The Labute approximate surface area is 117 Å². The van der Waals surface area contributed by atoms with E-state index in [1.165, 1.54) is 12.1 Å². The molecule has 0 spiro atoms. The monoisotopic (exact) mass is 308 g/mol. The van der Waals surface area contributed by atoms with Crippen LogP contribution in [-0.4, -0.2) is 14.5 Å². The van der Waals surface area contributed by atoms with Gasteiger partial charge in [0.25, 0.3) is 0 Å². The van der Waals surface area contributed by atoms with Crippen molar-refractivity contribution in [2.24, 2.45) is 0 Å². The van der Waals surface area contributed by atoms with Crippen molar-refractivity contribution in [2.45, 2.75) is 24.3 Å². The highest BCUT2D eigenvalue weighted by atomic mass is 35.5. The van der Waals surface area contributed by atoms with Gasteiger partial charge >= 0.3 is 0 Å². The maximum Gasteiger partial charge on any atom is 0.243 e. The molecule has 1 rings (SSSR count). The fourth-order valence-corrected chi connectivity index (χ4v) is 3.95. The highest BCUT2D eigenvalue weighted by Crippen LogP contribution is 2.31. The van der Waals surface area contributed by atoms with Crippen molar-refractivity contribution >= 4 is 38.9 Å². The van der Waals surface area contributed by atoms with Crippen LogP contribution in [0.2, 0.25) is 10.0 Å². The summed E-state index contributed by atoms with van der Waals surface area (Å²) in [5.41, 5.74) is 5.83. The maximum absolute atomic E-state index is 12.1. The Kier molecular flexibility index (Phi) is 5.04. The summed E-state index contributed by atoms with van der Waals surface area (Å²) in [5, 5.41) is -0.00314. The van der Waals surface area contributed by atoms with Gasteiger partial charge in [0.1, 0.15) is 4.90 Å². The van der Waals surface area contributed by atoms with Crippen molar-refractivity contribution in [3.8, 4) is 0 Å². The first-order valence-electron chi connectivity index (χ1n) is 5.15. The van der Waals surface area contributed by atoms with Gasteiger partial charge in [-0.2, -0.15) is 0 Å². The second-order valence-corrected chi connectivity index (χ2v) is 6.33. The van der Waals surface area contributed by atoms with Crippen LogP contribution in [0.25, 0.3) is 0 Å². The number of anilines is 1. The van der Waals surface area contributed by atoms with E-state index in [0.29, 0.717) is 12.1 Å². The average Bonchev–Trinajstić information content (AvgIpc) is 2.13. The van der Waals surface area contributed by atoms with E-state index in [0.717, 1.165) is 0 Å². The van der Waals surface area contributed by atoms with E-state index >= 15 is 0 Å². The van der Waals surface area contributed by atoms with Gasteiger partial charge in [-0.05, 0) is 25.5 Å². The predicted octanol–water partition coefficient (Wildman–Crippen LogP) is 2.82. The first-order valence-corrected chi connectivity index (χ1v) is 7.39. The topological polar surface area (TPSA) is 72.2 Å². The van der Waals surface area contributed by atoms with Gasteiger partial charge in [0.15, 0.2) is 0 Å². The lowest BCUT2D eigenvalue weighted by atomic mass is 10.3. The third-order valence-corrected chi connectivity index (χ3v) is 4.68. The van der Waals surface area contributed by atoms with Crippen LogP contribution in [0.3, 0.4) is 0 Å². The number of nitrogens with one attached hydrogen (secondary N) is 1. The molecule has 1 unspecified atom stereocenters. The Morgan fingerprint density at radius 2 is 1.94 bits per heavy atom. The molecule has 7 heteroatoms. The van der Waals surface area contributed by atoms with E-state index < -0.39 is 10.0 Å². The number of halogens is 2. The minimum atomic E-state index is -3.78. The van der Waals surface area contributed by atoms with E-state index in [1.54, 1.807) is 13.0 Å². The summed E-state index contributed by atoms with van der Waals surface area (Å²) in [5.74, 6) is 0. The van der Waals surface area contributed by atoms with E-state index in [1.807, 2.05) is 0 Å². The van der Waals surface area contributed by atoms with E-state index in [9.17, 15) is 8.42 Å². The zero-order chi connectivity index (χ0) is 13.9. The summed E-state index contributed by atoms with van der Waals surface area (Å²) in [6, 6.07) is 2.40. The summed E-state index contributed by atoms with van der Waals surface area (Å²) in [6.45, 7) is 5.27. The highest BCUT2D eigenvalue weighted by molar-refractivity contribution is 7.89. The summed E-state index contributed by atoms with van der Waals surface area (Å²) < 4.78 is 26.7. The van der Waals surface area contributed by atoms with Gasteiger partial charge in [-0.1, -0.05) is 29.3 Å². The molecule has 0 aliphatic rings. The normalized spacial score (nSPS) is 13.3. The molecule has 1 aromatic carbocycles. The summed E-state index contributed by atoms with van der Waals surface area (Å²) in [6.07, 6.45) is 2.13. The Bertz CT molecular complexity index is 535. The van der Waals surface area contributed by atoms with Gasteiger partial charge in [-0.15, -0.1) is 6.58 Å². The van der Waals surface area contributed by atoms with Gasteiger partial charge in [0.05, 0.1) is 10.0 Å². The molecule has 1 aromatic rings. The molecule has 0 fully saturated rings. The molecule has 0 heterocycles. The molecule has 0 aliphatic heterocycles. The van der Waals surface area contributed by atoms with Crippen molar-refractivity contribution in [1.29, 1.82) is 0 Å². The molecule has 0 aromatic heterocycles. The van der Waals surface area contributed by atoms with Crippen LogP contribution in [0.5, 0.6) is 0 Å². The maximum atomic E-state index is 12.1. The number of hydrogen-bond acceptors (Lipinski definition) is 3. The molecule has 3 N–H and O–H groups in total. The standard InChI is InChI=1S/C11H14Cl2N2O2S/c1-3-4-7(2)15-18(16,17)11-9(12)5-8(14)6-10(11)13/h3,5-7,15H,1,4,14H2,2H3. The fourth-order valence-electron chi connectivity index (χ4n) is 1.46. The highest BCUT2D eigenvalue weighted by Gasteiger charge is 2.23. The van der Waals surface area contributed by atoms with Crippen LogP contribution in [0.1, 0.15) is 13.3 Å². The number of nitrogen functional groups attached to an aromatic ring is 1. The zero-order valence-electron chi connectivity index (χ0n) is 9.78. The average molecular weight is 309 g/mol. The Balaban J connectivity index is 3.17. The smallest absolute Gasteiger partial charge is 0.243 e. The number of nitrogens with two attached hydrogens (primary N) is 1. The van der Waals surface area contributed by atoms with Crippen molar-refractivity contribution in [3.05, 3.63) is 34.8 Å². The zero-order valence-corrected chi connectivity index (χ0v) is 12.1. The second-order valence-electron chi connectivity index (χ2n) is 3.86. The van der Waals surface area contributed by atoms with Gasteiger partial charge in [0.2, 0.25) is 10.0 Å². The number of benzene rings is 1. The molecule has 1 atom stereocenters. The molecule has 0 radical (unpaired) electrons. The largest absolute Gasteiger partial charge is 0.399 e. The first kappa shape index (κ1) is 15.3. The van der Waals surface area contributed by atoms with Crippen LogP contribution >= 0.6 is 23.2 Å². The van der Waals surface area contributed by atoms with Crippen molar-refractivity contribution in [1.82, 2.24) is 4.72 Å². The van der Waals surface area contributed by atoms with Gasteiger partial charge < -0.3 is 5.73 Å². The SMILES string of the molecule is C=CCC(C)NS(=O)(=O)c1c(Cl)cc(N)cc1Cl. The van der Waals surface area contributed by atoms with Crippen LogP contribution in [0.15, 0.2) is 29.7 Å². The van der Waals surface area contributed by atoms with Crippen LogP contribution in [0.4, 0.5) is 5.69 Å². The fraction of sp³-hybridized carbons (Fsp3) is 0.273. The van der Waals surface area contributed by atoms with Crippen molar-refractivity contribution in [2.75, 3.05) is 5.73 Å². The number of hydrogen-bond donors (Lipinski definition) is 2. The van der Waals surface area contributed by atoms with Gasteiger partial charge in [-0.3, -0.25) is 0 Å². The van der Waals surface area contributed by atoms with Crippen LogP contribution in [-0.2, 0) is 10.0 Å². The van der Waals surface area contributed by atoms with Crippen LogP contribution in [0, 0.1) is 0 Å². The first-order chi connectivity index (χ1) is 8.27. The lowest BCUT2D eigenvalue weighted by Crippen LogP contribution is -2.32. The Hall–Kier alpha value is -0.750. The lowest BCUT2D eigenvalue weighted by molar-refractivity contribution is 0.562.